The predicted molar refractivity (Wildman–Crippen MR) is 93.7 cm³/mol. The third-order valence-electron chi connectivity index (χ3n) is 3.58. The first kappa shape index (κ1) is 16.4. The van der Waals surface area contributed by atoms with Gasteiger partial charge in [-0.3, -0.25) is 4.79 Å². The number of hydrogen-bond donors (Lipinski definition) is 0. The van der Waals surface area contributed by atoms with Crippen LogP contribution in [-0.2, 0) is 6.54 Å². The van der Waals surface area contributed by atoms with Crippen molar-refractivity contribution < 1.29 is 9.32 Å². The summed E-state index contributed by atoms with van der Waals surface area (Å²) in [4.78, 5) is 19.7. The average Bonchev–Trinajstić information content (AvgIpc) is 3.23. The molecule has 1 amide bonds. The largest absolute Gasteiger partial charge is 0.337 e. The third kappa shape index (κ3) is 3.54. The molecular formula is C18H19N3O2S. The molecule has 0 aliphatic rings. The van der Waals surface area contributed by atoms with E-state index < -0.39 is 0 Å². The third-order valence-corrected chi connectivity index (χ3v) is 4.44. The smallest absolute Gasteiger partial charge is 0.264 e. The summed E-state index contributed by atoms with van der Waals surface area (Å²) < 4.78 is 5.36. The van der Waals surface area contributed by atoms with Crippen molar-refractivity contribution in [3.63, 3.8) is 0 Å². The lowest BCUT2D eigenvalue weighted by atomic mass is 10.1. The Hall–Kier alpha value is -2.47. The van der Waals surface area contributed by atoms with Gasteiger partial charge < -0.3 is 9.42 Å². The van der Waals surface area contributed by atoms with Gasteiger partial charge in [-0.25, -0.2) is 0 Å². The van der Waals surface area contributed by atoms with Crippen molar-refractivity contribution in [2.24, 2.45) is 0 Å². The molecule has 0 saturated carbocycles. The normalized spacial score (nSPS) is 11.5. The van der Waals surface area contributed by atoms with Gasteiger partial charge in [-0.2, -0.15) is 4.98 Å². The maximum absolute atomic E-state index is 12.8. The number of rotatable bonds is 4. The highest BCUT2D eigenvalue weighted by Gasteiger charge is 2.29. The summed E-state index contributed by atoms with van der Waals surface area (Å²) in [6.45, 7) is 6.26. The van der Waals surface area contributed by atoms with E-state index in [1.54, 1.807) is 4.90 Å². The lowest BCUT2D eigenvalue weighted by Gasteiger charge is -2.34. The molecule has 5 nitrogen and oxygen atoms in total. The monoisotopic (exact) mass is 341 g/mol. The number of carbonyl (C=O) groups is 1. The maximum Gasteiger partial charge on any atom is 0.264 e. The van der Waals surface area contributed by atoms with Crippen LogP contribution in [0.2, 0.25) is 0 Å². The topological polar surface area (TPSA) is 59.2 Å². The van der Waals surface area contributed by atoms with Gasteiger partial charge in [0, 0.05) is 11.1 Å². The number of carbonyl (C=O) groups excluding carboxylic acids is 1. The van der Waals surface area contributed by atoms with E-state index in [1.807, 2.05) is 68.6 Å². The first-order chi connectivity index (χ1) is 11.4. The minimum Gasteiger partial charge on any atom is -0.337 e. The Morgan fingerprint density at radius 3 is 2.54 bits per heavy atom. The van der Waals surface area contributed by atoms with Crippen molar-refractivity contribution in [3.8, 4) is 11.4 Å². The fourth-order valence-electron chi connectivity index (χ4n) is 2.31. The number of aromatic nitrogens is 2. The molecule has 0 aliphatic carbocycles. The lowest BCUT2D eigenvalue weighted by Crippen LogP contribution is -2.44. The van der Waals surface area contributed by atoms with Crippen LogP contribution in [0.3, 0.4) is 0 Å². The van der Waals surface area contributed by atoms with Gasteiger partial charge in [-0.1, -0.05) is 41.6 Å². The number of nitrogens with zero attached hydrogens (tertiary/aromatic N) is 3. The van der Waals surface area contributed by atoms with Crippen molar-refractivity contribution in [2.75, 3.05) is 0 Å². The van der Waals surface area contributed by atoms with Crippen LogP contribution in [0.25, 0.3) is 11.4 Å². The summed E-state index contributed by atoms with van der Waals surface area (Å²) in [6.07, 6.45) is 0. The van der Waals surface area contributed by atoms with Crippen LogP contribution in [0.4, 0.5) is 0 Å². The Morgan fingerprint density at radius 1 is 1.17 bits per heavy atom. The van der Waals surface area contributed by atoms with E-state index in [0.29, 0.717) is 16.6 Å². The molecule has 0 fully saturated rings. The molecule has 0 bridgehead atoms. The molecule has 3 aromatic rings. The summed E-state index contributed by atoms with van der Waals surface area (Å²) in [5.41, 5.74) is 0.530. The van der Waals surface area contributed by atoms with Crippen molar-refractivity contribution in [1.82, 2.24) is 15.0 Å². The molecule has 0 saturated heterocycles. The van der Waals surface area contributed by atoms with Gasteiger partial charge in [0.25, 0.3) is 5.91 Å². The standard InChI is InChI=1S/C18H19N3O2S/c1-18(2,3)21(17(22)14-10-7-11-24-14)12-15-19-16(20-23-15)13-8-5-4-6-9-13/h4-11H,12H2,1-3H3. The molecule has 0 unspecified atom stereocenters. The van der Waals surface area contributed by atoms with Crippen LogP contribution in [-0.4, -0.2) is 26.5 Å². The average molecular weight is 341 g/mol. The van der Waals surface area contributed by atoms with Crippen molar-refractivity contribution in [2.45, 2.75) is 32.9 Å². The van der Waals surface area contributed by atoms with Gasteiger partial charge in [-0.05, 0) is 32.2 Å². The quantitative estimate of drug-likeness (QED) is 0.712. The molecule has 3 rings (SSSR count). The molecule has 0 spiro atoms. The van der Waals surface area contributed by atoms with E-state index >= 15 is 0 Å². The Labute approximate surface area is 144 Å². The first-order valence-corrected chi connectivity index (χ1v) is 8.56. The lowest BCUT2D eigenvalue weighted by molar-refractivity contribution is 0.0531. The van der Waals surface area contributed by atoms with E-state index in [4.69, 9.17) is 4.52 Å². The summed E-state index contributed by atoms with van der Waals surface area (Å²) in [5, 5.41) is 5.92. The second-order valence-electron chi connectivity index (χ2n) is 6.42. The minimum absolute atomic E-state index is 0.0306. The Morgan fingerprint density at radius 2 is 1.92 bits per heavy atom. The van der Waals surface area contributed by atoms with Crippen LogP contribution < -0.4 is 0 Å². The van der Waals surface area contributed by atoms with Crippen LogP contribution in [0.5, 0.6) is 0 Å². The molecule has 124 valence electrons. The zero-order valence-corrected chi connectivity index (χ0v) is 14.7. The Bertz CT molecular complexity index is 804. The highest BCUT2D eigenvalue weighted by Crippen LogP contribution is 2.23. The molecule has 0 aliphatic heterocycles. The fourth-order valence-corrected chi connectivity index (χ4v) is 2.98. The summed E-state index contributed by atoms with van der Waals surface area (Å²) in [6, 6.07) is 13.3. The van der Waals surface area contributed by atoms with Crippen LogP contribution in [0, 0.1) is 0 Å². The number of benzene rings is 1. The summed E-state index contributed by atoms with van der Waals surface area (Å²) >= 11 is 1.43. The fraction of sp³-hybridized carbons (Fsp3) is 0.278. The molecule has 2 aromatic heterocycles. The van der Waals surface area contributed by atoms with Crippen molar-refractivity contribution in [1.29, 1.82) is 0 Å². The van der Waals surface area contributed by atoms with Gasteiger partial charge in [0.1, 0.15) is 6.54 Å². The van der Waals surface area contributed by atoms with Crippen LogP contribution in [0.15, 0.2) is 52.4 Å². The molecule has 0 N–H and O–H groups in total. The molecule has 0 atom stereocenters. The van der Waals surface area contributed by atoms with Crippen LogP contribution >= 0.6 is 11.3 Å². The summed E-state index contributed by atoms with van der Waals surface area (Å²) in [7, 11) is 0. The second kappa shape index (κ2) is 6.57. The van der Waals surface area contributed by atoms with Gasteiger partial charge in [0.05, 0.1) is 4.88 Å². The number of thiophene rings is 1. The predicted octanol–water partition coefficient (Wildman–Crippen LogP) is 4.24. The first-order valence-electron chi connectivity index (χ1n) is 7.68. The van der Waals surface area contributed by atoms with E-state index in [2.05, 4.69) is 10.1 Å². The second-order valence-corrected chi connectivity index (χ2v) is 7.36. The minimum atomic E-state index is -0.359. The van der Waals surface area contributed by atoms with E-state index in [0.717, 1.165) is 5.56 Å². The zero-order valence-electron chi connectivity index (χ0n) is 13.9. The highest BCUT2D eigenvalue weighted by molar-refractivity contribution is 7.12. The molecular weight excluding hydrogens is 322 g/mol. The van der Waals surface area contributed by atoms with E-state index in [1.165, 1.54) is 11.3 Å². The van der Waals surface area contributed by atoms with Gasteiger partial charge in [-0.15, -0.1) is 11.3 Å². The Balaban J connectivity index is 1.84. The Kier molecular flexibility index (Phi) is 4.49. The zero-order chi connectivity index (χ0) is 17.2. The molecule has 1 aromatic carbocycles. The SMILES string of the molecule is CC(C)(C)N(Cc1nc(-c2ccccc2)no1)C(=O)c1cccs1. The molecule has 2 heterocycles. The molecule has 24 heavy (non-hydrogen) atoms. The highest BCUT2D eigenvalue weighted by atomic mass is 32.1. The molecule has 6 heteroatoms. The van der Waals surface area contributed by atoms with Crippen molar-refractivity contribution >= 4 is 17.2 Å². The van der Waals surface area contributed by atoms with Gasteiger partial charge in [0.2, 0.25) is 11.7 Å². The summed E-state index contributed by atoms with van der Waals surface area (Å²) in [5.74, 6) is 0.925. The van der Waals surface area contributed by atoms with Crippen LogP contribution in [0.1, 0.15) is 36.3 Å². The maximum atomic E-state index is 12.8. The van der Waals surface area contributed by atoms with E-state index in [-0.39, 0.29) is 18.0 Å². The molecule has 0 radical (unpaired) electrons. The number of amides is 1. The van der Waals surface area contributed by atoms with Gasteiger partial charge >= 0.3 is 0 Å². The number of hydrogen-bond acceptors (Lipinski definition) is 5. The van der Waals surface area contributed by atoms with Crippen molar-refractivity contribution in [3.05, 3.63) is 58.6 Å². The van der Waals surface area contributed by atoms with Gasteiger partial charge in [0.15, 0.2) is 0 Å². The van der Waals surface area contributed by atoms with E-state index in [9.17, 15) is 4.79 Å².